The molecule has 0 bridgehead atoms. The van der Waals surface area contributed by atoms with Crippen LogP contribution in [0.25, 0.3) is 5.69 Å². The molecule has 2 aromatic carbocycles. The van der Waals surface area contributed by atoms with Crippen molar-refractivity contribution in [2.45, 2.75) is 6.54 Å². The van der Waals surface area contributed by atoms with Gasteiger partial charge in [0.25, 0.3) is 5.91 Å². The number of para-hydroxylation sites is 1. The number of hydrogen-bond acceptors (Lipinski definition) is 4. The minimum absolute atomic E-state index is 0.00351. The van der Waals surface area contributed by atoms with E-state index in [0.29, 0.717) is 12.1 Å². The van der Waals surface area contributed by atoms with Crippen LogP contribution in [-0.4, -0.2) is 53.9 Å². The van der Waals surface area contributed by atoms with Crippen LogP contribution >= 0.6 is 0 Å². The first-order valence-corrected chi connectivity index (χ1v) is 9.48. The topological polar surface area (TPSA) is 50.6 Å². The fraction of sp³-hybridized carbons (Fsp3) is 0.273. The summed E-state index contributed by atoms with van der Waals surface area (Å²) in [5.41, 5.74) is 3.93. The smallest absolute Gasteiger partial charge is 0.253 e. The Kier molecular flexibility index (Phi) is 5.39. The number of anilines is 1. The minimum Gasteiger partial charge on any atom is -0.378 e. The summed E-state index contributed by atoms with van der Waals surface area (Å²) in [4.78, 5) is 17.0. The van der Waals surface area contributed by atoms with Gasteiger partial charge in [-0.2, -0.15) is 5.10 Å². The molecule has 0 saturated carbocycles. The number of nitrogens with zero attached hydrogens (tertiary/aromatic N) is 4. The van der Waals surface area contributed by atoms with Crippen molar-refractivity contribution in [2.24, 2.45) is 0 Å². The molecule has 0 aliphatic carbocycles. The highest BCUT2D eigenvalue weighted by molar-refractivity contribution is 5.94. The van der Waals surface area contributed by atoms with Crippen molar-refractivity contribution in [1.82, 2.24) is 14.7 Å². The second kappa shape index (κ2) is 8.27. The summed E-state index contributed by atoms with van der Waals surface area (Å²) in [5.74, 6) is 0.00351. The summed E-state index contributed by atoms with van der Waals surface area (Å²) in [6.45, 7) is 3.80. The summed E-state index contributed by atoms with van der Waals surface area (Å²) in [5, 5.41) is 4.21. The van der Waals surface area contributed by atoms with E-state index in [4.69, 9.17) is 4.74 Å². The van der Waals surface area contributed by atoms with Crippen LogP contribution in [0.5, 0.6) is 0 Å². The molecule has 1 fully saturated rings. The average molecular weight is 376 g/mol. The maximum atomic E-state index is 12.9. The Hall–Kier alpha value is -3.12. The van der Waals surface area contributed by atoms with Crippen molar-refractivity contribution in [3.8, 4) is 5.69 Å². The Bertz CT molecular complexity index is 916. The van der Waals surface area contributed by atoms with E-state index in [1.165, 1.54) is 5.69 Å². The van der Waals surface area contributed by atoms with Gasteiger partial charge in [-0.1, -0.05) is 18.2 Å². The van der Waals surface area contributed by atoms with Gasteiger partial charge in [0.05, 0.1) is 18.9 Å². The molecular formula is C22H24N4O2. The molecule has 4 rings (SSSR count). The molecule has 6 heteroatoms. The lowest BCUT2D eigenvalue weighted by Crippen LogP contribution is -2.37. The van der Waals surface area contributed by atoms with Crippen molar-refractivity contribution in [1.29, 1.82) is 0 Å². The molecule has 0 atom stereocenters. The molecule has 0 spiro atoms. The van der Waals surface area contributed by atoms with Crippen molar-refractivity contribution < 1.29 is 9.53 Å². The number of morpholine rings is 1. The molecule has 2 heterocycles. The molecule has 1 aliphatic heterocycles. The van der Waals surface area contributed by atoms with Gasteiger partial charge in [-0.05, 0) is 42.0 Å². The van der Waals surface area contributed by atoms with E-state index in [2.05, 4.69) is 22.1 Å². The lowest BCUT2D eigenvalue weighted by atomic mass is 10.1. The van der Waals surface area contributed by atoms with Gasteiger partial charge in [0, 0.05) is 50.3 Å². The number of amides is 1. The Morgan fingerprint density at radius 1 is 1.07 bits per heavy atom. The van der Waals surface area contributed by atoms with Crippen LogP contribution in [0.1, 0.15) is 15.9 Å². The highest BCUT2D eigenvalue weighted by Crippen LogP contribution is 2.23. The van der Waals surface area contributed by atoms with Gasteiger partial charge in [-0.3, -0.25) is 4.79 Å². The number of aromatic nitrogens is 2. The molecule has 6 nitrogen and oxygen atoms in total. The standard InChI is InChI=1S/C22H24N4O2/c1-24(17-19-5-2-3-6-21(19)25-13-15-28-16-14-25)22(27)18-7-9-20(10-8-18)26-12-4-11-23-26/h2-12H,13-17H2,1H3. The molecular weight excluding hydrogens is 352 g/mol. The molecule has 0 N–H and O–H groups in total. The third-order valence-corrected chi connectivity index (χ3v) is 4.98. The zero-order valence-corrected chi connectivity index (χ0v) is 16.0. The predicted octanol–water partition coefficient (Wildman–Crippen LogP) is 2.98. The number of ether oxygens (including phenoxy) is 1. The van der Waals surface area contributed by atoms with Crippen LogP contribution in [-0.2, 0) is 11.3 Å². The Labute approximate surface area is 164 Å². The molecule has 3 aromatic rings. The summed E-state index contributed by atoms with van der Waals surface area (Å²) in [6, 6.07) is 17.7. The predicted molar refractivity (Wildman–Crippen MR) is 109 cm³/mol. The highest BCUT2D eigenvalue weighted by Gasteiger charge is 2.18. The van der Waals surface area contributed by atoms with Crippen LogP contribution in [0.15, 0.2) is 67.0 Å². The van der Waals surface area contributed by atoms with Crippen molar-refractivity contribution in [2.75, 3.05) is 38.3 Å². The normalized spacial score (nSPS) is 14.1. The number of benzene rings is 2. The number of hydrogen-bond donors (Lipinski definition) is 0. The van der Waals surface area contributed by atoms with Crippen LogP contribution in [0.4, 0.5) is 5.69 Å². The molecule has 0 radical (unpaired) electrons. The maximum Gasteiger partial charge on any atom is 0.253 e. The SMILES string of the molecule is CN(Cc1ccccc1N1CCOCC1)C(=O)c1ccc(-n2cccn2)cc1. The van der Waals surface area contributed by atoms with Gasteiger partial charge in [0.15, 0.2) is 0 Å². The van der Waals surface area contributed by atoms with E-state index in [9.17, 15) is 4.79 Å². The fourth-order valence-corrected chi connectivity index (χ4v) is 3.48. The Morgan fingerprint density at radius 3 is 2.54 bits per heavy atom. The lowest BCUT2D eigenvalue weighted by molar-refractivity contribution is 0.0785. The largest absolute Gasteiger partial charge is 0.378 e. The highest BCUT2D eigenvalue weighted by atomic mass is 16.5. The van der Waals surface area contributed by atoms with Crippen LogP contribution in [0.3, 0.4) is 0 Å². The van der Waals surface area contributed by atoms with E-state index >= 15 is 0 Å². The van der Waals surface area contributed by atoms with E-state index < -0.39 is 0 Å². The third kappa shape index (κ3) is 3.92. The number of carbonyl (C=O) groups is 1. The van der Waals surface area contributed by atoms with E-state index in [-0.39, 0.29) is 5.91 Å². The van der Waals surface area contributed by atoms with Crippen molar-refractivity contribution in [3.05, 3.63) is 78.1 Å². The summed E-state index contributed by atoms with van der Waals surface area (Å²) < 4.78 is 7.24. The van der Waals surface area contributed by atoms with Gasteiger partial charge in [0.2, 0.25) is 0 Å². The first-order chi connectivity index (χ1) is 13.7. The second-order valence-electron chi connectivity index (χ2n) is 6.89. The fourth-order valence-electron chi connectivity index (χ4n) is 3.48. The maximum absolute atomic E-state index is 12.9. The molecule has 1 aliphatic rings. The molecule has 1 saturated heterocycles. The zero-order valence-electron chi connectivity index (χ0n) is 16.0. The molecule has 28 heavy (non-hydrogen) atoms. The Balaban J connectivity index is 1.48. The minimum atomic E-state index is 0.00351. The summed E-state index contributed by atoms with van der Waals surface area (Å²) in [6.07, 6.45) is 3.62. The monoisotopic (exact) mass is 376 g/mol. The van der Waals surface area contributed by atoms with E-state index in [1.54, 1.807) is 15.8 Å². The average Bonchev–Trinajstić information content (AvgIpc) is 3.29. The third-order valence-electron chi connectivity index (χ3n) is 4.98. The quantitative estimate of drug-likeness (QED) is 0.687. The molecule has 144 valence electrons. The molecule has 1 aromatic heterocycles. The zero-order chi connectivity index (χ0) is 19.3. The Morgan fingerprint density at radius 2 is 1.82 bits per heavy atom. The summed E-state index contributed by atoms with van der Waals surface area (Å²) in [7, 11) is 1.85. The van der Waals surface area contributed by atoms with E-state index in [0.717, 1.165) is 37.6 Å². The van der Waals surface area contributed by atoms with Gasteiger partial charge in [-0.25, -0.2) is 4.68 Å². The molecule has 1 amide bonds. The van der Waals surface area contributed by atoms with Crippen LogP contribution < -0.4 is 4.90 Å². The number of carbonyl (C=O) groups excluding carboxylic acids is 1. The first-order valence-electron chi connectivity index (χ1n) is 9.48. The van der Waals surface area contributed by atoms with Gasteiger partial charge in [0.1, 0.15) is 0 Å². The number of rotatable bonds is 5. The summed E-state index contributed by atoms with van der Waals surface area (Å²) >= 11 is 0. The van der Waals surface area contributed by atoms with Gasteiger partial charge >= 0.3 is 0 Å². The van der Waals surface area contributed by atoms with Crippen LogP contribution in [0, 0.1) is 0 Å². The van der Waals surface area contributed by atoms with Crippen LogP contribution in [0.2, 0.25) is 0 Å². The van der Waals surface area contributed by atoms with Crippen molar-refractivity contribution in [3.63, 3.8) is 0 Å². The van der Waals surface area contributed by atoms with Gasteiger partial charge < -0.3 is 14.5 Å². The van der Waals surface area contributed by atoms with E-state index in [1.807, 2.05) is 55.7 Å². The molecule has 0 unspecified atom stereocenters. The van der Waals surface area contributed by atoms with Crippen molar-refractivity contribution >= 4 is 11.6 Å². The van der Waals surface area contributed by atoms with Gasteiger partial charge in [-0.15, -0.1) is 0 Å². The lowest BCUT2D eigenvalue weighted by Gasteiger charge is -2.31. The second-order valence-corrected chi connectivity index (χ2v) is 6.89. The first kappa shape index (κ1) is 18.3.